The Bertz CT molecular complexity index is 511. The van der Waals surface area contributed by atoms with Crippen molar-refractivity contribution in [1.82, 2.24) is 4.57 Å². The van der Waals surface area contributed by atoms with Gasteiger partial charge in [0.05, 0.1) is 16.8 Å². The van der Waals surface area contributed by atoms with E-state index < -0.39 is 11.7 Å². The zero-order chi connectivity index (χ0) is 11.2. The molecule has 0 amide bonds. The van der Waals surface area contributed by atoms with Gasteiger partial charge in [0.1, 0.15) is 0 Å². The third-order valence-electron chi connectivity index (χ3n) is 2.35. The predicted molar refractivity (Wildman–Crippen MR) is 52.3 cm³/mol. The molecular weight excluding hydrogens is 205 g/mol. The number of nitrogens with zero attached hydrogens (tertiary/aromatic N) is 1. The van der Waals surface area contributed by atoms with Crippen LogP contribution in [0.1, 0.15) is 5.56 Å². The van der Waals surface area contributed by atoms with Crippen molar-refractivity contribution < 1.29 is 13.2 Å². The molecular formula is C10H9F3N2. The van der Waals surface area contributed by atoms with Crippen LogP contribution in [0.2, 0.25) is 0 Å². The van der Waals surface area contributed by atoms with Crippen LogP contribution in [-0.2, 0) is 13.2 Å². The van der Waals surface area contributed by atoms with Gasteiger partial charge in [-0.05, 0) is 12.1 Å². The molecule has 0 bridgehead atoms. The van der Waals surface area contributed by atoms with Crippen molar-refractivity contribution >= 4 is 16.6 Å². The molecule has 0 unspecified atom stereocenters. The van der Waals surface area contributed by atoms with Crippen molar-refractivity contribution in [3.05, 3.63) is 30.0 Å². The number of alkyl halides is 3. The molecule has 0 spiro atoms. The standard InChI is InChI=1S/C10H9F3N2/c1-15-5-8(14)7-3-2-6(4-9(7)15)10(11,12)13/h2-5H,14H2,1H3. The van der Waals surface area contributed by atoms with Crippen LogP contribution in [0, 0.1) is 0 Å². The molecule has 1 aromatic heterocycles. The second-order valence-electron chi connectivity index (χ2n) is 3.43. The molecule has 0 aliphatic carbocycles. The number of anilines is 1. The van der Waals surface area contributed by atoms with E-state index in [1.54, 1.807) is 17.8 Å². The fourth-order valence-electron chi connectivity index (χ4n) is 1.59. The molecule has 2 nitrogen and oxygen atoms in total. The Hall–Kier alpha value is -1.65. The number of halogens is 3. The molecule has 0 radical (unpaired) electrons. The topological polar surface area (TPSA) is 30.9 Å². The van der Waals surface area contributed by atoms with Crippen molar-refractivity contribution in [2.45, 2.75) is 6.18 Å². The van der Waals surface area contributed by atoms with E-state index in [1.807, 2.05) is 0 Å². The van der Waals surface area contributed by atoms with Gasteiger partial charge < -0.3 is 10.3 Å². The first-order valence-electron chi connectivity index (χ1n) is 4.31. The fraction of sp³-hybridized carbons (Fsp3) is 0.200. The predicted octanol–water partition coefficient (Wildman–Crippen LogP) is 2.78. The quantitative estimate of drug-likeness (QED) is 0.718. The Morgan fingerprint density at radius 1 is 1.27 bits per heavy atom. The molecule has 1 aromatic carbocycles. The Balaban J connectivity index is 2.71. The summed E-state index contributed by atoms with van der Waals surface area (Å²) in [7, 11) is 1.67. The summed E-state index contributed by atoms with van der Waals surface area (Å²) < 4.78 is 38.8. The maximum atomic E-state index is 12.4. The third kappa shape index (κ3) is 1.54. The number of benzene rings is 1. The average Bonchev–Trinajstić information content (AvgIpc) is 2.41. The summed E-state index contributed by atoms with van der Waals surface area (Å²) in [5.41, 5.74) is 5.95. The number of hydrogen-bond acceptors (Lipinski definition) is 1. The van der Waals surface area contributed by atoms with E-state index in [2.05, 4.69) is 0 Å². The molecule has 0 saturated carbocycles. The van der Waals surface area contributed by atoms with Crippen LogP contribution < -0.4 is 5.73 Å². The van der Waals surface area contributed by atoms with Crippen LogP contribution in [-0.4, -0.2) is 4.57 Å². The molecule has 80 valence electrons. The van der Waals surface area contributed by atoms with E-state index in [4.69, 9.17) is 5.73 Å². The van der Waals surface area contributed by atoms with Gasteiger partial charge in [-0.2, -0.15) is 13.2 Å². The molecule has 0 atom stereocenters. The summed E-state index contributed by atoms with van der Waals surface area (Å²) in [5, 5.41) is 0.644. The van der Waals surface area contributed by atoms with Gasteiger partial charge in [-0.1, -0.05) is 6.07 Å². The minimum atomic E-state index is -4.31. The lowest BCUT2D eigenvalue weighted by Crippen LogP contribution is -2.04. The number of rotatable bonds is 0. The second-order valence-corrected chi connectivity index (χ2v) is 3.43. The number of hydrogen-bond donors (Lipinski definition) is 1. The zero-order valence-corrected chi connectivity index (χ0v) is 7.97. The molecule has 0 saturated heterocycles. The van der Waals surface area contributed by atoms with Gasteiger partial charge >= 0.3 is 6.18 Å². The van der Waals surface area contributed by atoms with E-state index in [9.17, 15) is 13.2 Å². The van der Waals surface area contributed by atoms with Crippen molar-refractivity contribution in [2.24, 2.45) is 7.05 Å². The SMILES string of the molecule is Cn1cc(N)c2ccc(C(F)(F)F)cc21. The summed E-state index contributed by atoms with van der Waals surface area (Å²) in [6.07, 6.45) is -2.71. The molecule has 2 rings (SSSR count). The summed E-state index contributed by atoms with van der Waals surface area (Å²) in [6, 6.07) is 3.54. The number of aryl methyl sites for hydroxylation is 1. The molecule has 0 aliphatic heterocycles. The first-order chi connectivity index (χ1) is 6.89. The smallest absolute Gasteiger partial charge is 0.397 e. The number of nitrogens with two attached hydrogens (primary N) is 1. The van der Waals surface area contributed by atoms with Crippen LogP contribution in [0.25, 0.3) is 10.9 Å². The van der Waals surface area contributed by atoms with Crippen LogP contribution in [0.4, 0.5) is 18.9 Å². The first-order valence-corrected chi connectivity index (χ1v) is 4.31. The van der Waals surface area contributed by atoms with E-state index in [0.717, 1.165) is 12.1 Å². The second kappa shape index (κ2) is 2.92. The van der Waals surface area contributed by atoms with Gasteiger partial charge in [-0.15, -0.1) is 0 Å². The summed E-state index contributed by atoms with van der Waals surface area (Å²) >= 11 is 0. The summed E-state index contributed by atoms with van der Waals surface area (Å²) in [6.45, 7) is 0. The average molecular weight is 214 g/mol. The highest BCUT2D eigenvalue weighted by molar-refractivity contribution is 5.92. The Labute approximate surface area is 84.1 Å². The molecule has 0 aliphatic rings. The lowest BCUT2D eigenvalue weighted by molar-refractivity contribution is -0.137. The molecule has 0 fully saturated rings. The maximum absolute atomic E-state index is 12.4. The lowest BCUT2D eigenvalue weighted by Gasteiger charge is -2.06. The number of fused-ring (bicyclic) bond motifs is 1. The Morgan fingerprint density at radius 2 is 1.93 bits per heavy atom. The van der Waals surface area contributed by atoms with Gasteiger partial charge in [0.15, 0.2) is 0 Å². The summed E-state index contributed by atoms with van der Waals surface area (Å²) in [5.74, 6) is 0. The number of aromatic nitrogens is 1. The molecule has 2 aromatic rings. The van der Waals surface area contributed by atoms with Crippen LogP contribution in [0.5, 0.6) is 0 Å². The largest absolute Gasteiger partial charge is 0.416 e. The zero-order valence-electron chi connectivity index (χ0n) is 7.97. The normalized spacial score (nSPS) is 12.3. The molecule has 1 heterocycles. The van der Waals surface area contributed by atoms with Crippen molar-refractivity contribution in [3.63, 3.8) is 0 Å². The minimum absolute atomic E-state index is 0.487. The van der Waals surface area contributed by atoms with Crippen molar-refractivity contribution in [3.8, 4) is 0 Å². The monoisotopic (exact) mass is 214 g/mol. The van der Waals surface area contributed by atoms with Gasteiger partial charge in [0.25, 0.3) is 0 Å². The highest BCUT2D eigenvalue weighted by Gasteiger charge is 2.30. The van der Waals surface area contributed by atoms with Crippen molar-refractivity contribution in [1.29, 1.82) is 0 Å². The highest BCUT2D eigenvalue weighted by Crippen LogP contribution is 2.33. The first kappa shape index (κ1) is 9.89. The molecule has 15 heavy (non-hydrogen) atoms. The van der Waals surface area contributed by atoms with Crippen LogP contribution in [0.3, 0.4) is 0 Å². The van der Waals surface area contributed by atoms with Gasteiger partial charge in [0.2, 0.25) is 0 Å². The van der Waals surface area contributed by atoms with Crippen molar-refractivity contribution in [2.75, 3.05) is 5.73 Å². The molecule has 2 N–H and O–H groups in total. The van der Waals surface area contributed by atoms with Crippen LogP contribution in [0.15, 0.2) is 24.4 Å². The lowest BCUT2D eigenvalue weighted by atomic mass is 10.1. The van der Waals surface area contributed by atoms with Gasteiger partial charge in [-0.25, -0.2) is 0 Å². The maximum Gasteiger partial charge on any atom is 0.416 e. The van der Waals surface area contributed by atoms with E-state index in [0.29, 0.717) is 16.6 Å². The number of nitrogen functional groups attached to an aromatic ring is 1. The fourth-order valence-corrected chi connectivity index (χ4v) is 1.59. The highest BCUT2D eigenvalue weighted by atomic mass is 19.4. The Kier molecular flexibility index (Phi) is 1.92. The van der Waals surface area contributed by atoms with Gasteiger partial charge in [-0.3, -0.25) is 0 Å². The minimum Gasteiger partial charge on any atom is -0.397 e. The third-order valence-corrected chi connectivity index (χ3v) is 2.35. The van der Waals surface area contributed by atoms with E-state index in [-0.39, 0.29) is 0 Å². The van der Waals surface area contributed by atoms with E-state index in [1.165, 1.54) is 6.07 Å². The van der Waals surface area contributed by atoms with E-state index >= 15 is 0 Å². The molecule has 5 heteroatoms. The Morgan fingerprint density at radius 3 is 2.53 bits per heavy atom. The van der Waals surface area contributed by atoms with Gasteiger partial charge in [0, 0.05) is 18.6 Å². The van der Waals surface area contributed by atoms with Crippen LogP contribution >= 0.6 is 0 Å². The summed E-state index contributed by atoms with van der Waals surface area (Å²) in [4.78, 5) is 0.